The number of anilines is 1. The summed E-state index contributed by atoms with van der Waals surface area (Å²) in [6.45, 7) is 2.93. The fourth-order valence-electron chi connectivity index (χ4n) is 2.82. The normalized spacial score (nSPS) is 17.2. The predicted octanol–water partition coefficient (Wildman–Crippen LogP) is 2.97. The van der Waals surface area contributed by atoms with Crippen LogP contribution in [0.2, 0.25) is 0 Å². The maximum Gasteiger partial charge on any atom is 0.410 e. The number of carbonyl (C=O) groups is 2. The fourth-order valence-corrected chi connectivity index (χ4v) is 2.82. The van der Waals surface area contributed by atoms with Gasteiger partial charge in [0.15, 0.2) is 5.82 Å². The first-order valence-corrected chi connectivity index (χ1v) is 8.31. The van der Waals surface area contributed by atoms with Gasteiger partial charge in [-0.2, -0.15) is 0 Å². The molecule has 0 saturated carbocycles. The lowest BCUT2D eigenvalue weighted by Gasteiger charge is -2.31. The molecule has 1 unspecified atom stereocenters. The fraction of sp³-hybridized carbons (Fsp3) is 0.389. The van der Waals surface area contributed by atoms with Crippen LogP contribution >= 0.6 is 0 Å². The van der Waals surface area contributed by atoms with Crippen LogP contribution < -0.4 is 5.32 Å². The van der Waals surface area contributed by atoms with Gasteiger partial charge < -0.3 is 19.5 Å². The third-order valence-corrected chi connectivity index (χ3v) is 4.13. The van der Waals surface area contributed by atoms with Crippen molar-refractivity contribution in [3.63, 3.8) is 0 Å². The summed E-state index contributed by atoms with van der Waals surface area (Å²) in [4.78, 5) is 26.2. The van der Waals surface area contributed by atoms with E-state index in [9.17, 15) is 9.59 Å². The molecule has 1 aromatic heterocycles. The molecule has 2 heterocycles. The molecule has 0 bridgehead atoms. The van der Waals surface area contributed by atoms with Gasteiger partial charge in [-0.1, -0.05) is 35.5 Å². The molecule has 0 aliphatic carbocycles. The van der Waals surface area contributed by atoms with Gasteiger partial charge in [0.05, 0.1) is 5.92 Å². The standard InChI is InChI=1S/C18H21N3O4/c1-13-10-16(20-25-13)19-17(22)15-8-5-9-21(11-15)18(23)24-12-14-6-3-2-4-7-14/h2-4,6-7,10,15H,5,8-9,11-12H2,1H3,(H,19,20,22). The molecule has 1 aliphatic rings. The highest BCUT2D eigenvalue weighted by Crippen LogP contribution is 2.20. The minimum atomic E-state index is -0.390. The number of hydrogen-bond donors (Lipinski definition) is 1. The molecule has 1 saturated heterocycles. The van der Waals surface area contributed by atoms with Crippen molar-refractivity contribution < 1.29 is 18.8 Å². The summed E-state index contributed by atoms with van der Waals surface area (Å²) in [6, 6.07) is 11.2. The largest absolute Gasteiger partial charge is 0.445 e. The molecule has 1 N–H and O–H groups in total. The van der Waals surface area contributed by atoms with Crippen LogP contribution in [0.1, 0.15) is 24.2 Å². The van der Waals surface area contributed by atoms with E-state index in [1.165, 1.54) is 0 Å². The topological polar surface area (TPSA) is 84.7 Å². The van der Waals surface area contributed by atoms with Crippen LogP contribution in [-0.2, 0) is 16.1 Å². The van der Waals surface area contributed by atoms with E-state index in [0.29, 0.717) is 24.7 Å². The molecular formula is C18H21N3O4. The summed E-state index contributed by atoms with van der Waals surface area (Å²) < 4.78 is 10.3. The number of amides is 2. The minimum Gasteiger partial charge on any atom is -0.445 e. The Hall–Kier alpha value is -2.83. The molecule has 1 aromatic carbocycles. The Morgan fingerprint density at radius 1 is 1.36 bits per heavy atom. The summed E-state index contributed by atoms with van der Waals surface area (Å²) >= 11 is 0. The van der Waals surface area contributed by atoms with Gasteiger partial charge in [-0.15, -0.1) is 0 Å². The summed E-state index contributed by atoms with van der Waals surface area (Å²) in [5, 5.41) is 6.48. The highest BCUT2D eigenvalue weighted by Gasteiger charge is 2.29. The third-order valence-electron chi connectivity index (χ3n) is 4.13. The second kappa shape index (κ2) is 7.83. The second-order valence-corrected chi connectivity index (χ2v) is 6.14. The van der Waals surface area contributed by atoms with Gasteiger partial charge in [0.25, 0.3) is 0 Å². The molecule has 2 amide bonds. The number of likely N-dealkylation sites (tertiary alicyclic amines) is 1. The molecule has 1 atom stereocenters. The Bertz CT molecular complexity index is 729. The van der Waals surface area contributed by atoms with E-state index in [0.717, 1.165) is 18.4 Å². The summed E-state index contributed by atoms with van der Waals surface area (Å²) in [7, 11) is 0. The first-order chi connectivity index (χ1) is 12.1. The zero-order valence-electron chi connectivity index (χ0n) is 14.1. The van der Waals surface area contributed by atoms with Gasteiger partial charge in [0.1, 0.15) is 12.4 Å². The number of aromatic nitrogens is 1. The number of benzene rings is 1. The number of carbonyl (C=O) groups excluding carboxylic acids is 2. The van der Waals surface area contributed by atoms with Crippen molar-refractivity contribution in [2.24, 2.45) is 5.92 Å². The molecule has 2 aromatic rings. The van der Waals surface area contributed by atoms with Crippen molar-refractivity contribution in [2.45, 2.75) is 26.4 Å². The summed E-state index contributed by atoms with van der Waals surface area (Å²) in [6.07, 6.45) is 1.10. The van der Waals surface area contributed by atoms with E-state index in [1.807, 2.05) is 30.3 Å². The van der Waals surface area contributed by atoms with Crippen LogP contribution in [0.3, 0.4) is 0 Å². The first kappa shape index (κ1) is 17.0. The number of ether oxygens (including phenoxy) is 1. The zero-order chi connectivity index (χ0) is 17.6. The van der Waals surface area contributed by atoms with E-state index in [1.54, 1.807) is 17.9 Å². The lowest BCUT2D eigenvalue weighted by atomic mass is 9.97. The van der Waals surface area contributed by atoms with Gasteiger partial charge in [-0.25, -0.2) is 4.79 Å². The first-order valence-electron chi connectivity index (χ1n) is 8.31. The zero-order valence-corrected chi connectivity index (χ0v) is 14.1. The number of aryl methyl sites for hydroxylation is 1. The molecule has 0 spiro atoms. The van der Waals surface area contributed by atoms with Crippen molar-refractivity contribution in [3.05, 3.63) is 47.7 Å². The van der Waals surface area contributed by atoms with Gasteiger partial charge in [0.2, 0.25) is 5.91 Å². The lowest BCUT2D eigenvalue weighted by molar-refractivity contribution is -0.121. The van der Waals surface area contributed by atoms with Gasteiger partial charge in [-0.05, 0) is 25.3 Å². The van der Waals surface area contributed by atoms with E-state index in [4.69, 9.17) is 9.26 Å². The quantitative estimate of drug-likeness (QED) is 0.922. The molecule has 0 radical (unpaired) electrons. The molecule has 1 aliphatic heterocycles. The maximum absolute atomic E-state index is 12.4. The maximum atomic E-state index is 12.4. The van der Waals surface area contributed by atoms with Crippen molar-refractivity contribution in [1.29, 1.82) is 0 Å². The Balaban J connectivity index is 1.51. The van der Waals surface area contributed by atoms with Crippen molar-refractivity contribution in [1.82, 2.24) is 10.1 Å². The molecular weight excluding hydrogens is 322 g/mol. The number of rotatable bonds is 4. The van der Waals surface area contributed by atoms with Crippen LogP contribution in [0.15, 0.2) is 40.9 Å². The lowest BCUT2D eigenvalue weighted by Crippen LogP contribution is -2.44. The predicted molar refractivity (Wildman–Crippen MR) is 90.8 cm³/mol. The van der Waals surface area contributed by atoms with Crippen LogP contribution in [0, 0.1) is 12.8 Å². The van der Waals surface area contributed by atoms with Crippen molar-refractivity contribution in [3.8, 4) is 0 Å². The van der Waals surface area contributed by atoms with Gasteiger partial charge >= 0.3 is 6.09 Å². The molecule has 3 rings (SSSR count). The smallest absolute Gasteiger partial charge is 0.410 e. The number of nitrogens with zero attached hydrogens (tertiary/aromatic N) is 2. The summed E-state index contributed by atoms with van der Waals surface area (Å²) in [5.41, 5.74) is 0.934. The minimum absolute atomic E-state index is 0.158. The Kier molecular flexibility index (Phi) is 5.33. The van der Waals surface area contributed by atoms with E-state index < -0.39 is 6.09 Å². The van der Waals surface area contributed by atoms with Crippen LogP contribution in [-0.4, -0.2) is 35.1 Å². The summed E-state index contributed by atoms with van der Waals surface area (Å²) in [5.74, 6) is 0.584. The van der Waals surface area contributed by atoms with Crippen LogP contribution in [0.25, 0.3) is 0 Å². The molecule has 7 heteroatoms. The molecule has 7 nitrogen and oxygen atoms in total. The molecule has 25 heavy (non-hydrogen) atoms. The monoisotopic (exact) mass is 343 g/mol. The average Bonchev–Trinajstić information content (AvgIpc) is 3.05. The Morgan fingerprint density at radius 2 is 2.16 bits per heavy atom. The Morgan fingerprint density at radius 3 is 2.88 bits per heavy atom. The van der Waals surface area contributed by atoms with E-state index in [2.05, 4.69) is 10.5 Å². The molecule has 1 fully saturated rings. The van der Waals surface area contributed by atoms with Crippen molar-refractivity contribution >= 4 is 17.8 Å². The number of nitrogens with one attached hydrogen (secondary N) is 1. The SMILES string of the molecule is Cc1cc(NC(=O)C2CCCN(C(=O)OCc3ccccc3)C2)no1. The van der Waals surface area contributed by atoms with E-state index >= 15 is 0 Å². The van der Waals surface area contributed by atoms with Crippen LogP contribution in [0.5, 0.6) is 0 Å². The number of piperidine rings is 1. The number of hydrogen-bond acceptors (Lipinski definition) is 5. The van der Waals surface area contributed by atoms with E-state index in [-0.39, 0.29) is 18.4 Å². The highest BCUT2D eigenvalue weighted by molar-refractivity contribution is 5.92. The van der Waals surface area contributed by atoms with Crippen molar-refractivity contribution in [2.75, 3.05) is 18.4 Å². The second-order valence-electron chi connectivity index (χ2n) is 6.14. The van der Waals surface area contributed by atoms with Crippen LogP contribution in [0.4, 0.5) is 10.6 Å². The Labute approximate surface area is 145 Å². The third kappa shape index (κ3) is 4.59. The average molecular weight is 343 g/mol. The molecule has 132 valence electrons. The van der Waals surface area contributed by atoms with Gasteiger partial charge in [-0.3, -0.25) is 4.79 Å². The highest BCUT2D eigenvalue weighted by atomic mass is 16.6. The van der Waals surface area contributed by atoms with Gasteiger partial charge in [0, 0.05) is 19.2 Å².